The van der Waals surface area contributed by atoms with Crippen molar-refractivity contribution in [2.24, 2.45) is 0 Å². The smallest absolute Gasteiger partial charge is 0.274 e. The molecular formula is C26H25ClN4O3. The molecule has 0 radical (unpaired) electrons. The maximum Gasteiger partial charge on any atom is 0.274 e. The lowest BCUT2D eigenvalue weighted by Crippen LogP contribution is -2.53. The molecule has 5 rings (SSSR count). The van der Waals surface area contributed by atoms with Gasteiger partial charge in [-0.05, 0) is 36.8 Å². The van der Waals surface area contributed by atoms with Crippen LogP contribution in [0.3, 0.4) is 0 Å². The number of halogens is 1. The third-order valence-corrected chi connectivity index (χ3v) is 6.52. The molecule has 0 saturated carbocycles. The molecule has 2 aliphatic rings. The van der Waals surface area contributed by atoms with Crippen molar-refractivity contribution in [3.05, 3.63) is 83.0 Å². The molecule has 2 amide bonds. The van der Waals surface area contributed by atoms with Gasteiger partial charge in [0.25, 0.3) is 5.91 Å². The van der Waals surface area contributed by atoms with Crippen LogP contribution in [0.2, 0.25) is 5.02 Å². The molecule has 2 aliphatic heterocycles. The van der Waals surface area contributed by atoms with Crippen LogP contribution in [-0.4, -0.2) is 54.4 Å². The number of aromatic nitrogens is 1. The Morgan fingerprint density at radius 2 is 1.82 bits per heavy atom. The third-order valence-electron chi connectivity index (χ3n) is 6.28. The van der Waals surface area contributed by atoms with Gasteiger partial charge in [0.1, 0.15) is 6.54 Å². The number of carbonyl (C=O) groups is 2. The van der Waals surface area contributed by atoms with Crippen molar-refractivity contribution in [2.75, 3.05) is 42.5 Å². The van der Waals surface area contributed by atoms with E-state index in [0.717, 1.165) is 16.8 Å². The van der Waals surface area contributed by atoms with E-state index in [1.165, 1.54) is 4.90 Å². The minimum Gasteiger partial charge on any atom is -0.472 e. The zero-order valence-corrected chi connectivity index (χ0v) is 19.6. The summed E-state index contributed by atoms with van der Waals surface area (Å²) in [4.78, 5) is 36.5. The van der Waals surface area contributed by atoms with E-state index in [0.29, 0.717) is 42.8 Å². The number of amides is 2. The molecule has 174 valence electrons. The molecule has 1 fully saturated rings. The Morgan fingerprint density at radius 1 is 1.06 bits per heavy atom. The first-order valence-electron chi connectivity index (χ1n) is 11.3. The summed E-state index contributed by atoms with van der Waals surface area (Å²) < 4.78 is 5.98. The lowest BCUT2D eigenvalue weighted by molar-refractivity contribution is -0.133. The van der Waals surface area contributed by atoms with Gasteiger partial charge in [-0.3, -0.25) is 14.5 Å². The molecule has 0 bridgehead atoms. The highest BCUT2D eigenvalue weighted by Crippen LogP contribution is 2.37. The summed E-state index contributed by atoms with van der Waals surface area (Å²) >= 11 is 6.19. The Morgan fingerprint density at radius 3 is 2.59 bits per heavy atom. The highest BCUT2D eigenvalue weighted by molar-refractivity contribution is 6.30. The number of benzene rings is 2. The Bertz CT molecular complexity index is 1210. The molecule has 7 nitrogen and oxygen atoms in total. The highest BCUT2D eigenvalue weighted by atomic mass is 35.5. The number of nitrogens with zero attached hydrogens (tertiary/aromatic N) is 4. The largest absolute Gasteiger partial charge is 0.472 e. The van der Waals surface area contributed by atoms with Crippen LogP contribution in [0.15, 0.2) is 66.9 Å². The van der Waals surface area contributed by atoms with Crippen LogP contribution in [0.25, 0.3) is 0 Å². The molecule has 1 atom stereocenters. The number of rotatable bonds is 4. The van der Waals surface area contributed by atoms with Gasteiger partial charge in [-0.1, -0.05) is 48.0 Å². The molecule has 34 heavy (non-hydrogen) atoms. The zero-order valence-electron chi connectivity index (χ0n) is 18.9. The second-order valence-electron chi connectivity index (χ2n) is 8.46. The summed E-state index contributed by atoms with van der Waals surface area (Å²) in [6.07, 6.45) is 0.787. The fraction of sp³-hybridized carbons (Fsp3) is 0.269. The predicted octanol–water partition coefficient (Wildman–Crippen LogP) is 3.86. The van der Waals surface area contributed by atoms with E-state index in [-0.39, 0.29) is 18.4 Å². The molecule has 0 spiro atoms. The molecule has 3 aromatic rings. The maximum absolute atomic E-state index is 13.4. The van der Waals surface area contributed by atoms with E-state index < -0.39 is 6.10 Å². The Hall–Kier alpha value is -3.58. The predicted molar refractivity (Wildman–Crippen MR) is 131 cm³/mol. The van der Waals surface area contributed by atoms with Crippen LogP contribution >= 0.6 is 11.6 Å². The normalized spacial score (nSPS) is 17.9. The quantitative estimate of drug-likeness (QED) is 0.572. The van der Waals surface area contributed by atoms with E-state index in [2.05, 4.69) is 16.8 Å². The molecule has 3 heterocycles. The number of aryl methyl sites for hydroxylation is 1. The molecule has 8 heteroatoms. The number of pyridine rings is 1. The first-order chi connectivity index (χ1) is 16.5. The number of hydrogen-bond donors (Lipinski definition) is 0. The molecular weight excluding hydrogens is 452 g/mol. The molecule has 1 unspecified atom stereocenters. The van der Waals surface area contributed by atoms with E-state index in [1.54, 1.807) is 23.2 Å². The van der Waals surface area contributed by atoms with Gasteiger partial charge in [0.15, 0.2) is 11.6 Å². The molecule has 0 N–H and O–H groups in total. The molecule has 1 aromatic heterocycles. The van der Waals surface area contributed by atoms with Gasteiger partial charge in [0.2, 0.25) is 12.0 Å². The number of carbonyl (C=O) groups excluding carboxylic acids is 2. The third kappa shape index (κ3) is 4.31. The summed E-state index contributed by atoms with van der Waals surface area (Å²) in [5, 5.41) is 0.698. The minimum absolute atomic E-state index is 0.0776. The number of anilines is 2. The van der Waals surface area contributed by atoms with E-state index in [1.807, 2.05) is 48.5 Å². The van der Waals surface area contributed by atoms with Crippen LogP contribution in [0.5, 0.6) is 5.75 Å². The van der Waals surface area contributed by atoms with Crippen LogP contribution in [-0.2, 0) is 9.59 Å². The number of piperazine rings is 1. The van der Waals surface area contributed by atoms with Crippen molar-refractivity contribution in [1.82, 2.24) is 9.88 Å². The Kier molecular flexibility index (Phi) is 6.11. The van der Waals surface area contributed by atoms with Crippen molar-refractivity contribution in [2.45, 2.75) is 13.0 Å². The van der Waals surface area contributed by atoms with Crippen LogP contribution < -0.4 is 14.5 Å². The monoisotopic (exact) mass is 476 g/mol. The first kappa shape index (κ1) is 22.2. The molecule has 1 saturated heterocycles. The van der Waals surface area contributed by atoms with Gasteiger partial charge < -0.3 is 14.5 Å². The van der Waals surface area contributed by atoms with E-state index >= 15 is 0 Å². The van der Waals surface area contributed by atoms with E-state index in [9.17, 15) is 9.59 Å². The van der Waals surface area contributed by atoms with Gasteiger partial charge in [-0.25, -0.2) is 4.98 Å². The van der Waals surface area contributed by atoms with Crippen molar-refractivity contribution in [3.8, 4) is 5.75 Å². The fourth-order valence-electron chi connectivity index (χ4n) is 4.45. The summed E-state index contributed by atoms with van der Waals surface area (Å²) in [7, 11) is 0. The van der Waals surface area contributed by atoms with Gasteiger partial charge >= 0.3 is 0 Å². The first-order valence-corrected chi connectivity index (χ1v) is 11.7. The maximum atomic E-state index is 13.4. The summed E-state index contributed by atoms with van der Waals surface area (Å²) in [5.41, 5.74) is 2.98. The van der Waals surface area contributed by atoms with Crippen molar-refractivity contribution in [1.29, 1.82) is 0 Å². The van der Waals surface area contributed by atoms with Crippen LogP contribution in [0.1, 0.15) is 17.2 Å². The molecule has 0 aliphatic carbocycles. The van der Waals surface area contributed by atoms with Gasteiger partial charge in [0.05, 0.1) is 0 Å². The van der Waals surface area contributed by atoms with Gasteiger partial charge in [-0.2, -0.15) is 0 Å². The zero-order chi connectivity index (χ0) is 23.7. The van der Waals surface area contributed by atoms with Gasteiger partial charge in [0, 0.05) is 48.6 Å². The van der Waals surface area contributed by atoms with Crippen molar-refractivity contribution < 1.29 is 14.3 Å². The summed E-state index contributed by atoms with van der Waals surface area (Å²) in [6, 6.07) is 18.7. The van der Waals surface area contributed by atoms with Crippen molar-refractivity contribution in [3.63, 3.8) is 0 Å². The Labute approximate surface area is 203 Å². The highest BCUT2D eigenvalue weighted by Gasteiger charge is 2.38. The standard InChI is InChI=1S/C26H25ClN4O3/c1-18-9-10-20(27)16-21(18)29-12-14-30(15-13-29)23(32)17-31-25-22(8-5-11-28-25)34-24(26(31)33)19-6-3-2-4-7-19/h2-11,16,24H,12-15,17H2,1H3. The molecule has 2 aromatic carbocycles. The Balaban J connectivity index is 1.31. The summed E-state index contributed by atoms with van der Waals surface area (Å²) in [6.45, 7) is 4.52. The fourth-order valence-corrected chi connectivity index (χ4v) is 4.61. The average molecular weight is 477 g/mol. The van der Waals surface area contributed by atoms with Crippen LogP contribution in [0, 0.1) is 6.92 Å². The SMILES string of the molecule is Cc1ccc(Cl)cc1N1CCN(C(=O)CN2C(=O)C(c3ccccc3)Oc3cccnc32)CC1. The lowest BCUT2D eigenvalue weighted by atomic mass is 10.1. The second-order valence-corrected chi connectivity index (χ2v) is 8.89. The second kappa shape index (κ2) is 9.35. The lowest BCUT2D eigenvalue weighted by Gasteiger charge is -2.38. The van der Waals surface area contributed by atoms with Crippen molar-refractivity contribution >= 4 is 34.9 Å². The average Bonchev–Trinajstić information content (AvgIpc) is 2.87. The van der Waals surface area contributed by atoms with E-state index in [4.69, 9.17) is 16.3 Å². The summed E-state index contributed by atoms with van der Waals surface area (Å²) in [5.74, 6) is 0.464. The van der Waals surface area contributed by atoms with Gasteiger partial charge in [-0.15, -0.1) is 0 Å². The minimum atomic E-state index is -0.812. The number of fused-ring (bicyclic) bond motifs is 1. The number of ether oxygens (including phenoxy) is 1. The van der Waals surface area contributed by atoms with Crippen LogP contribution in [0.4, 0.5) is 11.5 Å². The number of hydrogen-bond acceptors (Lipinski definition) is 5. The topological polar surface area (TPSA) is 66.0 Å².